The molecule has 5 nitrogen and oxygen atoms in total. The van der Waals surface area contributed by atoms with Gasteiger partial charge >= 0.3 is 11.7 Å². The second kappa shape index (κ2) is 3.54. The van der Waals surface area contributed by atoms with E-state index in [1.54, 1.807) is 12.1 Å². The van der Waals surface area contributed by atoms with Crippen LogP contribution >= 0.6 is 15.9 Å². The molecule has 0 radical (unpaired) electrons. The van der Waals surface area contributed by atoms with E-state index < -0.39 is 5.97 Å². The first kappa shape index (κ1) is 9.97. The maximum Gasteiger partial charge on any atom is 0.339 e. The summed E-state index contributed by atoms with van der Waals surface area (Å²) < 4.78 is 5.12. The van der Waals surface area contributed by atoms with E-state index in [0.717, 1.165) is 0 Å². The monoisotopic (exact) mass is 270 g/mol. The van der Waals surface area contributed by atoms with E-state index in [2.05, 4.69) is 30.6 Å². The maximum absolute atomic E-state index is 11.3. The number of rotatable bonds is 1. The minimum Gasteiger partial charge on any atom is -0.465 e. The molecule has 2 aromatic rings. The zero-order valence-corrected chi connectivity index (χ0v) is 9.34. The summed E-state index contributed by atoms with van der Waals surface area (Å²) >= 11 is 3.25. The Morgan fingerprint density at radius 3 is 2.80 bits per heavy atom. The second-order valence-corrected chi connectivity index (χ2v) is 3.71. The standard InChI is InChI=1S/C9H7BrN2O3/c1-15-8(13)4-2-3-5-7(6(4)10)12-9(14)11-5/h2-3H,1H3,(H2,11,12,14). The summed E-state index contributed by atoms with van der Waals surface area (Å²) in [5.74, 6) is -0.453. The van der Waals surface area contributed by atoms with Gasteiger partial charge in [0, 0.05) is 0 Å². The minimum atomic E-state index is -0.453. The van der Waals surface area contributed by atoms with Gasteiger partial charge in [-0.2, -0.15) is 0 Å². The van der Waals surface area contributed by atoms with Crippen LogP contribution in [0.15, 0.2) is 21.4 Å². The lowest BCUT2D eigenvalue weighted by Crippen LogP contribution is -2.02. The lowest BCUT2D eigenvalue weighted by molar-refractivity contribution is 0.0600. The van der Waals surface area contributed by atoms with Crippen molar-refractivity contribution < 1.29 is 9.53 Å². The number of esters is 1. The zero-order chi connectivity index (χ0) is 11.0. The van der Waals surface area contributed by atoms with Crippen LogP contribution in [-0.2, 0) is 4.74 Å². The highest BCUT2D eigenvalue weighted by molar-refractivity contribution is 9.10. The number of nitrogens with one attached hydrogen (secondary N) is 2. The van der Waals surface area contributed by atoms with Crippen molar-refractivity contribution in [2.75, 3.05) is 7.11 Å². The first-order valence-electron chi connectivity index (χ1n) is 4.12. The number of methoxy groups -OCH3 is 1. The Balaban J connectivity index is 2.74. The first-order chi connectivity index (χ1) is 7.13. The number of H-pyrrole nitrogens is 2. The van der Waals surface area contributed by atoms with Gasteiger partial charge in [0.15, 0.2) is 0 Å². The number of halogens is 1. The number of aromatic amines is 2. The fourth-order valence-corrected chi connectivity index (χ4v) is 1.94. The summed E-state index contributed by atoms with van der Waals surface area (Å²) in [5, 5.41) is 0. The molecule has 2 rings (SSSR count). The zero-order valence-electron chi connectivity index (χ0n) is 7.76. The summed E-state index contributed by atoms with van der Waals surface area (Å²) in [4.78, 5) is 27.5. The predicted molar refractivity (Wildman–Crippen MR) is 58.0 cm³/mol. The second-order valence-electron chi connectivity index (χ2n) is 2.92. The Morgan fingerprint density at radius 1 is 1.40 bits per heavy atom. The van der Waals surface area contributed by atoms with Crippen LogP contribution in [0.2, 0.25) is 0 Å². The van der Waals surface area contributed by atoms with Crippen molar-refractivity contribution in [3.05, 3.63) is 32.7 Å². The van der Waals surface area contributed by atoms with E-state index in [9.17, 15) is 9.59 Å². The number of aromatic nitrogens is 2. The topological polar surface area (TPSA) is 75.0 Å². The molecule has 1 aromatic heterocycles. The van der Waals surface area contributed by atoms with Crippen molar-refractivity contribution in [2.45, 2.75) is 0 Å². The number of carbonyl (C=O) groups excluding carboxylic acids is 1. The largest absolute Gasteiger partial charge is 0.465 e. The van der Waals surface area contributed by atoms with Gasteiger partial charge in [0.05, 0.1) is 28.2 Å². The molecule has 0 fully saturated rings. The quantitative estimate of drug-likeness (QED) is 0.770. The SMILES string of the molecule is COC(=O)c1ccc2[nH]c(=O)[nH]c2c1Br. The molecule has 15 heavy (non-hydrogen) atoms. The van der Waals surface area contributed by atoms with E-state index in [0.29, 0.717) is 21.1 Å². The number of hydrogen-bond donors (Lipinski definition) is 2. The van der Waals surface area contributed by atoms with Crippen LogP contribution in [-0.4, -0.2) is 23.0 Å². The molecule has 1 aromatic carbocycles. The van der Waals surface area contributed by atoms with Crippen LogP contribution in [0.1, 0.15) is 10.4 Å². The van der Waals surface area contributed by atoms with E-state index in [1.165, 1.54) is 7.11 Å². The summed E-state index contributed by atoms with van der Waals surface area (Å²) in [5.41, 5.74) is 1.26. The molecule has 0 aliphatic carbocycles. The Kier molecular flexibility index (Phi) is 2.36. The average Bonchev–Trinajstić information content (AvgIpc) is 2.59. The third kappa shape index (κ3) is 1.56. The Bertz CT molecular complexity index is 585. The highest BCUT2D eigenvalue weighted by atomic mass is 79.9. The van der Waals surface area contributed by atoms with Gasteiger partial charge in [-0.3, -0.25) is 0 Å². The smallest absolute Gasteiger partial charge is 0.339 e. The Hall–Kier alpha value is -1.56. The van der Waals surface area contributed by atoms with Crippen LogP contribution in [0.5, 0.6) is 0 Å². The number of fused-ring (bicyclic) bond motifs is 1. The Morgan fingerprint density at radius 2 is 2.13 bits per heavy atom. The molecule has 0 unspecified atom stereocenters. The highest BCUT2D eigenvalue weighted by Crippen LogP contribution is 2.24. The van der Waals surface area contributed by atoms with E-state index >= 15 is 0 Å². The van der Waals surface area contributed by atoms with Gasteiger partial charge in [0.2, 0.25) is 0 Å². The van der Waals surface area contributed by atoms with Crippen molar-refractivity contribution in [3.63, 3.8) is 0 Å². The van der Waals surface area contributed by atoms with Gasteiger partial charge in [0.1, 0.15) is 0 Å². The van der Waals surface area contributed by atoms with E-state index in [-0.39, 0.29) is 5.69 Å². The fourth-order valence-electron chi connectivity index (χ4n) is 1.34. The lowest BCUT2D eigenvalue weighted by Gasteiger charge is -2.02. The molecule has 2 N–H and O–H groups in total. The summed E-state index contributed by atoms with van der Waals surface area (Å²) in [7, 11) is 1.30. The highest BCUT2D eigenvalue weighted by Gasteiger charge is 2.14. The third-order valence-corrected chi connectivity index (χ3v) is 2.86. The predicted octanol–water partition coefficient (Wildman–Crippen LogP) is 1.41. The third-order valence-electron chi connectivity index (χ3n) is 2.03. The summed E-state index contributed by atoms with van der Waals surface area (Å²) in [6.45, 7) is 0. The van der Waals surface area contributed by atoms with Gasteiger partial charge < -0.3 is 14.7 Å². The van der Waals surface area contributed by atoms with Gasteiger partial charge in [-0.05, 0) is 28.1 Å². The van der Waals surface area contributed by atoms with Gasteiger partial charge in [0.25, 0.3) is 0 Å². The maximum atomic E-state index is 11.3. The van der Waals surface area contributed by atoms with E-state index in [4.69, 9.17) is 0 Å². The number of hydrogen-bond acceptors (Lipinski definition) is 3. The molecular weight excluding hydrogens is 264 g/mol. The van der Waals surface area contributed by atoms with Crippen LogP contribution in [0.25, 0.3) is 11.0 Å². The molecule has 0 saturated carbocycles. The van der Waals surface area contributed by atoms with E-state index in [1.807, 2.05) is 0 Å². The number of ether oxygens (including phenoxy) is 1. The molecule has 1 heterocycles. The normalized spacial score (nSPS) is 10.5. The van der Waals surface area contributed by atoms with Crippen LogP contribution in [0, 0.1) is 0 Å². The first-order valence-corrected chi connectivity index (χ1v) is 4.91. The molecule has 0 spiro atoms. The lowest BCUT2D eigenvalue weighted by atomic mass is 10.2. The Labute approximate surface area is 92.6 Å². The molecule has 0 atom stereocenters. The van der Waals surface area contributed by atoms with Gasteiger partial charge in [-0.15, -0.1) is 0 Å². The fraction of sp³-hybridized carbons (Fsp3) is 0.111. The summed E-state index contributed by atoms with van der Waals surface area (Å²) in [6, 6.07) is 3.23. The molecule has 0 aliphatic rings. The van der Waals surface area contributed by atoms with Crippen LogP contribution < -0.4 is 5.69 Å². The van der Waals surface area contributed by atoms with Crippen LogP contribution in [0.3, 0.4) is 0 Å². The molecule has 0 bridgehead atoms. The van der Waals surface area contributed by atoms with Gasteiger partial charge in [-0.25, -0.2) is 9.59 Å². The molecular formula is C9H7BrN2O3. The number of carbonyl (C=O) groups is 1. The molecule has 0 aliphatic heterocycles. The van der Waals surface area contributed by atoms with Crippen molar-refractivity contribution in [3.8, 4) is 0 Å². The van der Waals surface area contributed by atoms with Crippen molar-refractivity contribution in [2.24, 2.45) is 0 Å². The van der Waals surface area contributed by atoms with Crippen molar-refractivity contribution >= 4 is 32.9 Å². The molecule has 0 amide bonds. The molecule has 78 valence electrons. The van der Waals surface area contributed by atoms with Gasteiger partial charge in [-0.1, -0.05) is 0 Å². The van der Waals surface area contributed by atoms with Crippen LogP contribution in [0.4, 0.5) is 0 Å². The molecule has 0 saturated heterocycles. The van der Waals surface area contributed by atoms with Crippen molar-refractivity contribution in [1.82, 2.24) is 9.97 Å². The number of benzene rings is 1. The van der Waals surface area contributed by atoms with Crippen molar-refractivity contribution in [1.29, 1.82) is 0 Å². The molecule has 6 heteroatoms. The number of imidazole rings is 1. The average molecular weight is 271 g/mol. The minimum absolute atomic E-state index is 0.312. The summed E-state index contributed by atoms with van der Waals surface area (Å²) in [6.07, 6.45) is 0.